The standard InChI is InChI=1S/C6H10F3NO6S2/c1-5(4(11)12,6(7,8)9)10-18(15,16)3-17(2,13)14/h10H,3H2,1-2H3,(H,11,12). The average molecular weight is 313 g/mol. The fourth-order valence-electron chi connectivity index (χ4n) is 0.845. The van der Waals surface area contributed by atoms with E-state index in [9.17, 15) is 34.8 Å². The van der Waals surface area contributed by atoms with Gasteiger partial charge in [-0.3, -0.25) is 0 Å². The predicted octanol–water partition coefficient (Wildman–Crippen LogP) is -0.686. The SMILES string of the molecule is CC(NS(=O)(=O)CS(C)(=O)=O)(C(=O)O)C(F)(F)F. The number of aliphatic carboxylic acids is 1. The van der Waals surface area contributed by atoms with E-state index in [1.54, 1.807) is 0 Å². The first kappa shape index (κ1) is 17.1. The Morgan fingerprint density at radius 2 is 1.61 bits per heavy atom. The Labute approximate surface area is 101 Å². The number of alkyl halides is 3. The maximum Gasteiger partial charge on any atom is 0.418 e. The second-order valence-electron chi connectivity index (χ2n) is 3.69. The summed E-state index contributed by atoms with van der Waals surface area (Å²) in [6.07, 6.45) is -4.94. The largest absolute Gasteiger partial charge is 0.480 e. The van der Waals surface area contributed by atoms with Gasteiger partial charge in [0.05, 0.1) is 0 Å². The summed E-state index contributed by atoms with van der Waals surface area (Å²) in [5.74, 6) is -2.49. The molecule has 0 heterocycles. The summed E-state index contributed by atoms with van der Waals surface area (Å²) in [7, 11) is -9.10. The fraction of sp³-hybridized carbons (Fsp3) is 0.833. The highest BCUT2D eigenvalue weighted by atomic mass is 32.3. The van der Waals surface area contributed by atoms with E-state index in [-0.39, 0.29) is 6.92 Å². The maximum atomic E-state index is 12.5. The molecule has 0 bridgehead atoms. The Balaban J connectivity index is 5.47. The Morgan fingerprint density at radius 1 is 1.22 bits per heavy atom. The van der Waals surface area contributed by atoms with Crippen molar-refractivity contribution in [3.8, 4) is 0 Å². The molecule has 12 heteroatoms. The second-order valence-corrected chi connectivity index (χ2v) is 7.92. The molecule has 1 atom stereocenters. The third kappa shape index (κ3) is 4.42. The van der Waals surface area contributed by atoms with Crippen LogP contribution in [0.4, 0.5) is 13.2 Å². The number of carboxylic acid groups (broad SMARTS) is 1. The molecule has 0 radical (unpaired) electrons. The van der Waals surface area contributed by atoms with Crippen molar-refractivity contribution in [3.05, 3.63) is 0 Å². The minimum atomic E-state index is -5.43. The molecule has 0 saturated heterocycles. The van der Waals surface area contributed by atoms with E-state index in [0.717, 1.165) is 4.72 Å². The zero-order chi connectivity index (χ0) is 15.0. The van der Waals surface area contributed by atoms with Gasteiger partial charge in [0.15, 0.2) is 14.9 Å². The van der Waals surface area contributed by atoms with Crippen molar-refractivity contribution in [2.75, 3.05) is 11.3 Å². The molecular formula is C6H10F3NO6S2. The van der Waals surface area contributed by atoms with Crippen LogP contribution in [-0.2, 0) is 24.7 Å². The smallest absolute Gasteiger partial charge is 0.418 e. The summed E-state index contributed by atoms with van der Waals surface area (Å²) in [4.78, 5) is 10.5. The van der Waals surface area contributed by atoms with Gasteiger partial charge in [-0.1, -0.05) is 0 Å². The number of carbonyl (C=O) groups is 1. The number of rotatable bonds is 5. The first-order chi connectivity index (χ1) is 7.61. The molecule has 0 aromatic rings. The van der Waals surface area contributed by atoms with Crippen LogP contribution in [0.1, 0.15) is 6.92 Å². The van der Waals surface area contributed by atoms with Gasteiger partial charge in [0, 0.05) is 6.26 Å². The molecule has 0 spiro atoms. The molecule has 0 saturated carbocycles. The van der Waals surface area contributed by atoms with Crippen LogP contribution in [0.25, 0.3) is 0 Å². The highest BCUT2D eigenvalue weighted by Crippen LogP contribution is 2.31. The van der Waals surface area contributed by atoms with E-state index in [2.05, 4.69) is 0 Å². The molecule has 0 fully saturated rings. The van der Waals surface area contributed by atoms with Crippen molar-refractivity contribution in [3.63, 3.8) is 0 Å². The van der Waals surface area contributed by atoms with Crippen LogP contribution in [0, 0.1) is 0 Å². The molecule has 1 unspecified atom stereocenters. The van der Waals surface area contributed by atoms with Crippen LogP contribution in [-0.4, -0.2) is 51.0 Å². The first-order valence-electron chi connectivity index (χ1n) is 4.10. The van der Waals surface area contributed by atoms with Gasteiger partial charge >= 0.3 is 12.1 Å². The van der Waals surface area contributed by atoms with Gasteiger partial charge in [-0.15, -0.1) is 0 Å². The first-order valence-corrected chi connectivity index (χ1v) is 7.81. The fourth-order valence-corrected chi connectivity index (χ4v) is 4.16. The lowest BCUT2D eigenvalue weighted by Crippen LogP contribution is -2.62. The van der Waals surface area contributed by atoms with Crippen LogP contribution in [0.2, 0.25) is 0 Å². The maximum absolute atomic E-state index is 12.5. The summed E-state index contributed by atoms with van der Waals surface area (Å²) in [6.45, 7) is 0.0785. The number of nitrogens with one attached hydrogen (secondary N) is 1. The lowest BCUT2D eigenvalue weighted by Gasteiger charge is -2.27. The third-order valence-electron chi connectivity index (χ3n) is 1.72. The van der Waals surface area contributed by atoms with Gasteiger partial charge in [-0.2, -0.15) is 17.9 Å². The molecule has 2 N–H and O–H groups in total. The van der Waals surface area contributed by atoms with Crippen LogP contribution in [0.3, 0.4) is 0 Å². The van der Waals surface area contributed by atoms with E-state index in [0.29, 0.717) is 6.26 Å². The van der Waals surface area contributed by atoms with Gasteiger partial charge in [-0.05, 0) is 6.92 Å². The van der Waals surface area contributed by atoms with Gasteiger partial charge in [0.2, 0.25) is 15.6 Å². The van der Waals surface area contributed by atoms with E-state index in [1.165, 1.54) is 0 Å². The number of sulfone groups is 1. The molecule has 18 heavy (non-hydrogen) atoms. The lowest BCUT2D eigenvalue weighted by molar-refractivity contribution is -0.201. The summed E-state index contributed by atoms with van der Waals surface area (Å²) in [5, 5.41) is 6.79. The van der Waals surface area contributed by atoms with Crippen molar-refractivity contribution in [2.45, 2.75) is 18.6 Å². The molecule has 0 aromatic heterocycles. The molecule has 7 nitrogen and oxygen atoms in total. The molecule has 108 valence electrons. The van der Waals surface area contributed by atoms with Gasteiger partial charge in [0.1, 0.15) is 0 Å². The molecule has 0 amide bonds. The molecule has 0 aromatic carbocycles. The summed E-state index contributed by atoms with van der Waals surface area (Å²) < 4.78 is 81.9. The molecule has 0 aliphatic carbocycles. The molecule has 0 rings (SSSR count). The summed E-state index contributed by atoms with van der Waals surface area (Å²) in [5.41, 5.74) is -3.80. The van der Waals surface area contributed by atoms with Crippen LogP contribution < -0.4 is 4.72 Å². The van der Waals surface area contributed by atoms with Crippen LogP contribution in [0.5, 0.6) is 0 Å². The molecule has 0 aliphatic rings. The highest BCUT2D eigenvalue weighted by molar-refractivity contribution is 8.06. The van der Waals surface area contributed by atoms with E-state index in [4.69, 9.17) is 5.11 Å². The zero-order valence-corrected chi connectivity index (χ0v) is 10.8. The Morgan fingerprint density at radius 3 is 1.83 bits per heavy atom. The number of carboxylic acids is 1. The summed E-state index contributed by atoms with van der Waals surface area (Å²) >= 11 is 0. The van der Waals surface area contributed by atoms with Gasteiger partial charge in [0.25, 0.3) is 0 Å². The zero-order valence-electron chi connectivity index (χ0n) is 9.15. The van der Waals surface area contributed by atoms with Crippen LogP contribution in [0.15, 0.2) is 0 Å². The minimum Gasteiger partial charge on any atom is -0.480 e. The van der Waals surface area contributed by atoms with Crippen molar-refractivity contribution in [2.24, 2.45) is 0 Å². The molecule has 0 aliphatic heterocycles. The van der Waals surface area contributed by atoms with Gasteiger partial charge in [-0.25, -0.2) is 21.6 Å². The quantitative estimate of drug-likeness (QED) is 0.694. The van der Waals surface area contributed by atoms with E-state index < -0.39 is 42.6 Å². The van der Waals surface area contributed by atoms with Gasteiger partial charge < -0.3 is 5.11 Å². The Kier molecular flexibility index (Phi) is 4.43. The number of sulfonamides is 1. The Bertz CT molecular complexity index is 536. The normalized spacial score (nSPS) is 17.2. The topological polar surface area (TPSA) is 118 Å². The minimum absolute atomic E-state index is 0.0785. The number of halogens is 3. The average Bonchev–Trinajstić information content (AvgIpc) is 1.94. The highest BCUT2D eigenvalue weighted by Gasteiger charge is 2.59. The van der Waals surface area contributed by atoms with Crippen molar-refractivity contribution in [1.29, 1.82) is 0 Å². The third-order valence-corrected chi connectivity index (χ3v) is 5.40. The molecular weight excluding hydrogens is 303 g/mol. The number of hydrogen-bond donors (Lipinski definition) is 2. The number of hydrogen-bond acceptors (Lipinski definition) is 5. The van der Waals surface area contributed by atoms with Crippen molar-refractivity contribution < 1.29 is 39.9 Å². The Hall–Kier alpha value is -0.880. The predicted molar refractivity (Wildman–Crippen MR) is 53.9 cm³/mol. The lowest BCUT2D eigenvalue weighted by atomic mass is 10.0. The summed E-state index contributed by atoms with van der Waals surface area (Å²) in [6, 6.07) is 0. The van der Waals surface area contributed by atoms with Crippen molar-refractivity contribution >= 4 is 25.8 Å². The van der Waals surface area contributed by atoms with Crippen LogP contribution >= 0.6 is 0 Å². The van der Waals surface area contributed by atoms with E-state index in [1.807, 2.05) is 0 Å². The van der Waals surface area contributed by atoms with Crippen molar-refractivity contribution in [1.82, 2.24) is 4.72 Å². The monoisotopic (exact) mass is 313 g/mol. The second kappa shape index (κ2) is 4.66. The van der Waals surface area contributed by atoms with E-state index >= 15 is 0 Å².